The normalized spacial score (nSPS) is 20.9. The average molecular weight is 379 g/mol. The van der Waals surface area contributed by atoms with Crippen molar-refractivity contribution >= 4 is 33.4 Å². The van der Waals surface area contributed by atoms with Gasteiger partial charge in [-0.1, -0.05) is 19.1 Å². The summed E-state index contributed by atoms with van der Waals surface area (Å²) in [7, 11) is -3.18. The van der Waals surface area contributed by atoms with Crippen LogP contribution < -0.4 is 10.6 Å². The maximum atomic E-state index is 12.6. The minimum absolute atomic E-state index is 0.0382. The molecule has 9 heteroatoms. The first kappa shape index (κ1) is 18.4. The number of carbonyl (C=O) groups is 3. The van der Waals surface area contributed by atoms with Gasteiger partial charge in [-0.3, -0.25) is 14.5 Å². The van der Waals surface area contributed by atoms with E-state index in [0.29, 0.717) is 5.69 Å². The summed E-state index contributed by atoms with van der Waals surface area (Å²) in [5.41, 5.74) is 0.509. The van der Waals surface area contributed by atoms with Gasteiger partial charge in [0.15, 0.2) is 9.84 Å². The van der Waals surface area contributed by atoms with E-state index in [-0.39, 0.29) is 24.3 Å². The van der Waals surface area contributed by atoms with Gasteiger partial charge >= 0.3 is 6.03 Å². The molecule has 26 heavy (non-hydrogen) atoms. The predicted molar refractivity (Wildman–Crippen MR) is 95.3 cm³/mol. The predicted octanol–water partition coefficient (Wildman–Crippen LogP) is 0.687. The van der Waals surface area contributed by atoms with Crippen LogP contribution in [-0.2, 0) is 25.8 Å². The van der Waals surface area contributed by atoms with Crippen LogP contribution in [0.3, 0.4) is 0 Å². The topological polar surface area (TPSA) is 113 Å². The molecule has 3 rings (SSSR count). The Bertz CT molecular complexity index is 834. The molecular weight excluding hydrogens is 358 g/mol. The standard InChI is InChI=1S/C17H21N3O5S/c1-2-12-3-5-13(6-4-12)18-14(21)11-20-15(22)17(19-16(20)23)7-9-26(24,25)10-8-17/h3-6H,2,7-11H2,1H3,(H,18,21)(H,19,23). The van der Waals surface area contributed by atoms with Crippen molar-refractivity contribution in [2.75, 3.05) is 23.4 Å². The smallest absolute Gasteiger partial charge is 0.325 e. The van der Waals surface area contributed by atoms with Crippen molar-refractivity contribution in [3.63, 3.8) is 0 Å². The molecule has 1 spiro atoms. The Hall–Kier alpha value is -2.42. The molecule has 0 saturated carbocycles. The molecule has 0 atom stereocenters. The van der Waals surface area contributed by atoms with Gasteiger partial charge in [0.05, 0.1) is 11.5 Å². The zero-order chi connectivity index (χ0) is 18.9. The summed E-state index contributed by atoms with van der Waals surface area (Å²) in [6, 6.07) is 6.64. The SMILES string of the molecule is CCc1ccc(NC(=O)CN2C(=O)NC3(CCS(=O)(=O)CC3)C2=O)cc1. The Kier molecular flexibility index (Phi) is 4.74. The summed E-state index contributed by atoms with van der Waals surface area (Å²) in [6.07, 6.45) is 0.960. The summed E-state index contributed by atoms with van der Waals surface area (Å²) >= 11 is 0. The lowest BCUT2D eigenvalue weighted by Crippen LogP contribution is -2.52. The number of nitrogens with one attached hydrogen (secondary N) is 2. The van der Waals surface area contributed by atoms with Crippen molar-refractivity contribution in [2.45, 2.75) is 31.7 Å². The first-order valence-corrected chi connectivity index (χ1v) is 10.3. The number of anilines is 1. The van der Waals surface area contributed by atoms with Gasteiger partial charge in [0.1, 0.15) is 12.1 Å². The van der Waals surface area contributed by atoms with Crippen LogP contribution >= 0.6 is 0 Å². The number of urea groups is 1. The Balaban J connectivity index is 1.65. The minimum Gasteiger partial charge on any atom is -0.325 e. The average Bonchev–Trinajstić information content (AvgIpc) is 2.83. The number of amides is 4. The van der Waals surface area contributed by atoms with Crippen LogP contribution in [0.4, 0.5) is 10.5 Å². The van der Waals surface area contributed by atoms with Gasteiger partial charge in [0, 0.05) is 5.69 Å². The van der Waals surface area contributed by atoms with Gasteiger partial charge in [-0.2, -0.15) is 0 Å². The second-order valence-corrected chi connectivity index (χ2v) is 8.96. The van der Waals surface area contributed by atoms with Crippen LogP contribution in [0.1, 0.15) is 25.3 Å². The van der Waals surface area contributed by atoms with E-state index in [9.17, 15) is 22.8 Å². The third-order valence-corrected chi connectivity index (χ3v) is 6.53. The van der Waals surface area contributed by atoms with Crippen LogP contribution in [0.2, 0.25) is 0 Å². The second kappa shape index (κ2) is 6.71. The molecule has 1 aromatic rings. The number of hydrogen-bond donors (Lipinski definition) is 2. The maximum Gasteiger partial charge on any atom is 0.325 e. The third kappa shape index (κ3) is 3.57. The number of aryl methyl sites for hydroxylation is 1. The maximum absolute atomic E-state index is 12.6. The van der Waals surface area contributed by atoms with Crippen LogP contribution in [0, 0.1) is 0 Å². The van der Waals surface area contributed by atoms with E-state index in [4.69, 9.17) is 0 Å². The molecule has 0 bridgehead atoms. The first-order valence-electron chi connectivity index (χ1n) is 8.48. The zero-order valence-electron chi connectivity index (χ0n) is 14.4. The zero-order valence-corrected chi connectivity index (χ0v) is 15.3. The molecule has 0 aromatic heterocycles. The summed E-state index contributed by atoms with van der Waals surface area (Å²) in [5.74, 6) is -1.32. The van der Waals surface area contributed by atoms with E-state index >= 15 is 0 Å². The molecule has 1 aromatic carbocycles. The number of benzene rings is 1. The fourth-order valence-corrected chi connectivity index (χ4v) is 4.74. The lowest BCUT2D eigenvalue weighted by molar-refractivity contribution is -0.134. The van der Waals surface area contributed by atoms with Crippen LogP contribution in [0.5, 0.6) is 0 Å². The van der Waals surface area contributed by atoms with Gasteiger partial charge in [-0.15, -0.1) is 0 Å². The summed E-state index contributed by atoms with van der Waals surface area (Å²) < 4.78 is 23.2. The molecule has 0 aliphatic carbocycles. The second-order valence-electron chi connectivity index (χ2n) is 6.65. The van der Waals surface area contributed by atoms with Crippen LogP contribution in [0.25, 0.3) is 0 Å². The number of sulfone groups is 1. The summed E-state index contributed by atoms with van der Waals surface area (Å²) in [5, 5.41) is 5.24. The van der Waals surface area contributed by atoms with Crippen molar-refractivity contribution in [3.05, 3.63) is 29.8 Å². The summed E-state index contributed by atoms with van der Waals surface area (Å²) in [6.45, 7) is 1.62. The molecule has 0 unspecified atom stereocenters. The fraction of sp³-hybridized carbons (Fsp3) is 0.471. The van der Waals surface area contributed by atoms with E-state index in [0.717, 1.165) is 16.9 Å². The molecule has 2 aliphatic rings. The molecule has 8 nitrogen and oxygen atoms in total. The monoisotopic (exact) mass is 379 g/mol. The Morgan fingerprint density at radius 1 is 1.19 bits per heavy atom. The highest BCUT2D eigenvalue weighted by Crippen LogP contribution is 2.30. The number of rotatable bonds is 4. The van der Waals surface area contributed by atoms with E-state index in [1.807, 2.05) is 19.1 Å². The van der Waals surface area contributed by atoms with E-state index < -0.39 is 39.8 Å². The van der Waals surface area contributed by atoms with E-state index in [2.05, 4.69) is 10.6 Å². The van der Waals surface area contributed by atoms with Crippen molar-refractivity contribution in [1.29, 1.82) is 0 Å². The highest BCUT2D eigenvalue weighted by molar-refractivity contribution is 7.91. The van der Waals surface area contributed by atoms with Gasteiger partial charge in [0.2, 0.25) is 5.91 Å². The molecule has 4 amide bonds. The molecular formula is C17H21N3O5S. The molecule has 2 fully saturated rings. The van der Waals surface area contributed by atoms with Gasteiger partial charge < -0.3 is 10.6 Å². The highest BCUT2D eigenvalue weighted by atomic mass is 32.2. The Morgan fingerprint density at radius 2 is 1.81 bits per heavy atom. The Morgan fingerprint density at radius 3 is 2.38 bits per heavy atom. The molecule has 140 valence electrons. The molecule has 2 N–H and O–H groups in total. The third-order valence-electron chi connectivity index (χ3n) is 4.87. The van der Waals surface area contributed by atoms with Crippen molar-refractivity contribution in [3.8, 4) is 0 Å². The Labute approximate surface area is 151 Å². The van der Waals surface area contributed by atoms with Crippen molar-refractivity contribution in [2.24, 2.45) is 0 Å². The quantitative estimate of drug-likeness (QED) is 0.747. The van der Waals surface area contributed by atoms with Crippen molar-refractivity contribution in [1.82, 2.24) is 10.2 Å². The first-order chi connectivity index (χ1) is 12.2. The van der Waals surface area contributed by atoms with Gasteiger partial charge in [-0.05, 0) is 37.0 Å². The molecule has 2 heterocycles. The van der Waals surface area contributed by atoms with E-state index in [1.54, 1.807) is 12.1 Å². The largest absolute Gasteiger partial charge is 0.325 e. The number of nitrogens with zero attached hydrogens (tertiary/aromatic N) is 1. The number of imide groups is 1. The molecule has 2 saturated heterocycles. The lowest BCUT2D eigenvalue weighted by atomic mass is 9.92. The summed E-state index contributed by atoms with van der Waals surface area (Å²) in [4.78, 5) is 37.9. The van der Waals surface area contributed by atoms with Crippen molar-refractivity contribution < 1.29 is 22.8 Å². The van der Waals surface area contributed by atoms with E-state index in [1.165, 1.54) is 0 Å². The number of hydrogen-bond acceptors (Lipinski definition) is 5. The number of carbonyl (C=O) groups excluding carboxylic acids is 3. The van der Waals surface area contributed by atoms with Gasteiger partial charge in [-0.25, -0.2) is 13.2 Å². The minimum atomic E-state index is -3.18. The molecule has 0 radical (unpaired) electrons. The fourth-order valence-electron chi connectivity index (χ4n) is 3.21. The molecule has 2 aliphatic heterocycles. The highest BCUT2D eigenvalue weighted by Gasteiger charge is 2.53. The van der Waals surface area contributed by atoms with Crippen LogP contribution in [0.15, 0.2) is 24.3 Å². The van der Waals surface area contributed by atoms with Gasteiger partial charge in [0.25, 0.3) is 5.91 Å². The lowest BCUT2D eigenvalue weighted by Gasteiger charge is -2.30. The van der Waals surface area contributed by atoms with Crippen LogP contribution in [-0.4, -0.2) is 54.8 Å².